The van der Waals surface area contributed by atoms with Gasteiger partial charge >= 0.3 is 0 Å². The summed E-state index contributed by atoms with van der Waals surface area (Å²) >= 11 is 1.64. The van der Waals surface area contributed by atoms with Crippen LogP contribution < -0.4 is 5.32 Å². The number of epoxide rings is 1. The molecule has 1 aromatic heterocycles. The first-order chi connectivity index (χ1) is 16.9. The van der Waals surface area contributed by atoms with Gasteiger partial charge in [-0.05, 0) is 64.0 Å². The normalized spacial score (nSPS) is 32.6. The maximum absolute atomic E-state index is 13.2. The Morgan fingerprint density at radius 2 is 1.97 bits per heavy atom. The van der Waals surface area contributed by atoms with Crippen molar-refractivity contribution in [3.05, 3.63) is 21.7 Å². The molecule has 0 aliphatic carbocycles. The van der Waals surface area contributed by atoms with Gasteiger partial charge in [0.1, 0.15) is 5.78 Å². The quantitative estimate of drug-likeness (QED) is 0.413. The van der Waals surface area contributed by atoms with E-state index in [1.807, 2.05) is 20.8 Å². The van der Waals surface area contributed by atoms with Crippen molar-refractivity contribution in [2.45, 2.75) is 136 Å². The first kappa shape index (κ1) is 29.0. The van der Waals surface area contributed by atoms with E-state index >= 15 is 0 Å². The van der Waals surface area contributed by atoms with Gasteiger partial charge in [-0.3, -0.25) is 9.59 Å². The topological polar surface area (TPSA) is 71.6 Å². The van der Waals surface area contributed by atoms with Gasteiger partial charge in [0.15, 0.2) is 0 Å². The standard InChI is InChI=1S/C30H48N2O3S/c1-8-9-16-30-19-25(22(3)18-24-20-36-23(4)31-24)32-27(34)14-17-28(5,6)26(33)13-12-21(2)11-10-15-29(30,7)35-30/h18,20-21,25H,8-17,19H2,1-7H3,(H,32,34). The molecule has 0 saturated carbocycles. The van der Waals surface area contributed by atoms with E-state index in [1.165, 1.54) is 0 Å². The number of amides is 1. The predicted molar refractivity (Wildman–Crippen MR) is 149 cm³/mol. The minimum Gasteiger partial charge on any atom is -0.363 e. The molecule has 36 heavy (non-hydrogen) atoms. The van der Waals surface area contributed by atoms with E-state index in [2.05, 4.69) is 49.5 Å². The molecule has 4 atom stereocenters. The molecule has 0 spiro atoms. The minimum atomic E-state index is -0.479. The van der Waals surface area contributed by atoms with Crippen molar-refractivity contribution in [1.29, 1.82) is 0 Å². The lowest BCUT2D eigenvalue weighted by Gasteiger charge is -2.28. The number of nitrogens with one attached hydrogen (secondary N) is 1. The predicted octanol–water partition coefficient (Wildman–Crippen LogP) is 7.42. The Morgan fingerprint density at radius 3 is 2.64 bits per heavy atom. The lowest BCUT2D eigenvalue weighted by Crippen LogP contribution is -2.41. The number of carbonyl (C=O) groups is 2. The van der Waals surface area contributed by atoms with E-state index in [-0.39, 0.29) is 28.9 Å². The van der Waals surface area contributed by atoms with Gasteiger partial charge in [-0.1, -0.05) is 53.4 Å². The van der Waals surface area contributed by atoms with Gasteiger partial charge < -0.3 is 10.1 Å². The molecule has 1 amide bonds. The number of unbranched alkanes of at least 4 members (excludes halogenated alkanes) is 1. The second-order valence-electron chi connectivity index (χ2n) is 12.3. The molecule has 3 heterocycles. The van der Waals surface area contributed by atoms with Crippen molar-refractivity contribution >= 4 is 29.1 Å². The smallest absolute Gasteiger partial charge is 0.220 e. The molecule has 2 fully saturated rings. The van der Waals surface area contributed by atoms with Crippen LogP contribution in [0.2, 0.25) is 0 Å². The molecule has 3 rings (SSSR count). The maximum atomic E-state index is 13.2. The first-order valence-electron chi connectivity index (χ1n) is 14.0. The summed E-state index contributed by atoms with van der Waals surface area (Å²) in [5.41, 5.74) is 1.21. The molecule has 2 saturated heterocycles. The maximum Gasteiger partial charge on any atom is 0.220 e. The number of hydrogen-bond donors (Lipinski definition) is 1. The van der Waals surface area contributed by atoms with Crippen LogP contribution in [0.15, 0.2) is 11.0 Å². The third-order valence-electron chi connectivity index (χ3n) is 8.65. The van der Waals surface area contributed by atoms with Crippen molar-refractivity contribution in [3.8, 4) is 0 Å². The lowest BCUT2D eigenvalue weighted by atomic mass is 9.78. The third kappa shape index (κ3) is 7.28. The second-order valence-corrected chi connectivity index (χ2v) is 13.3. The highest BCUT2D eigenvalue weighted by molar-refractivity contribution is 7.09. The second kappa shape index (κ2) is 11.9. The molecule has 6 heteroatoms. The van der Waals surface area contributed by atoms with Gasteiger partial charge in [0, 0.05) is 30.1 Å². The summed E-state index contributed by atoms with van der Waals surface area (Å²) in [6.07, 6.45) is 11.9. The van der Waals surface area contributed by atoms with Gasteiger partial charge in [0.25, 0.3) is 0 Å². The molecule has 5 nitrogen and oxygen atoms in total. The van der Waals surface area contributed by atoms with Crippen molar-refractivity contribution < 1.29 is 14.3 Å². The van der Waals surface area contributed by atoms with Crippen LogP contribution in [0.25, 0.3) is 6.08 Å². The number of carbonyl (C=O) groups excluding carboxylic acids is 2. The Labute approximate surface area is 222 Å². The number of rotatable bonds is 5. The molecule has 1 aromatic rings. The number of aromatic nitrogens is 1. The number of ketones is 1. The van der Waals surface area contributed by atoms with Crippen molar-refractivity contribution in [2.75, 3.05) is 0 Å². The summed E-state index contributed by atoms with van der Waals surface area (Å²) < 4.78 is 6.63. The van der Waals surface area contributed by atoms with Crippen LogP contribution >= 0.6 is 11.3 Å². The summed E-state index contributed by atoms with van der Waals surface area (Å²) in [5.74, 6) is 0.807. The molecular weight excluding hydrogens is 468 g/mol. The minimum absolute atomic E-state index is 0.0107. The Balaban J connectivity index is 1.88. The Hall–Kier alpha value is -1.53. The Kier molecular flexibility index (Phi) is 9.59. The van der Waals surface area contributed by atoms with E-state index in [1.54, 1.807) is 11.3 Å². The fraction of sp³-hybridized carbons (Fsp3) is 0.767. The number of aryl methyl sites for hydroxylation is 1. The zero-order valence-electron chi connectivity index (χ0n) is 23.7. The van der Waals surface area contributed by atoms with Gasteiger partial charge in [-0.2, -0.15) is 0 Å². The van der Waals surface area contributed by atoms with Crippen LogP contribution in [0.1, 0.15) is 123 Å². The molecule has 0 bridgehead atoms. The highest BCUT2D eigenvalue weighted by Crippen LogP contribution is 2.57. The van der Waals surface area contributed by atoms with E-state index in [0.29, 0.717) is 25.2 Å². The Bertz CT molecular complexity index is 952. The molecule has 4 unspecified atom stereocenters. The fourth-order valence-electron chi connectivity index (χ4n) is 5.74. The van der Waals surface area contributed by atoms with Crippen molar-refractivity contribution in [2.24, 2.45) is 11.3 Å². The molecule has 0 aromatic carbocycles. The van der Waals surface area contributed by atoms with Gasteiger partial charge in [-0.15, -0.1) is 11.3 Å². The van der Waals surface area contributed by atoms with Crippen LogP contribution in [0, 0.1) is 18.3 Å². The fourth-order valence-corrected chi connectivity index (χ4v) is 6.31. The summed E-state index contributed by atoms with van der Waals surface area (Å²) in [6, 6.07) is -0.121. The number of Topliss-reactive ketones (excluding diaryl/α,β-unsaturated/α-hetero) is 1. The number of ether oxygens (including phenoxy) is 1. The SMILES string of the molecule is CCCCC12CC(C(C)=Cc3csc(C)n3)NC(=O)CCC(C)(C)C(=O)CCC(C)CCCC1(C)O2. The average molecular weight is 517 g/mol. The summed E-state index contributed by atoms with van der Waals surface area (Å²) in [6.45, 7) is 14.9. The van der Waals surface area contributed by atoms with Crippen LogP contribution in [0.4, 0.5) is 0 Å². The van der Waals surface area contributed by atoms with E-state index in [9.17, 15) is 9.59 Å². The average Bonchev–Trinajstić information content (AvgIpc) is 3.14. The van der Waals surface area contributed by atoms with E-state index < -0.39 is 5.41 Å². The Morgan fingerprint density at radius 1 is 1.22 bits per heavy atom. The monoisotopic (exact) mass is 516 g/mol. The van der Waals surface area contributed by atoms with Crippen LogP contribution in [0.5, 0.6) is 0 Å². The number of fused-ring (bicyclic) bond motifs is 1. The number of hydrogen-bond acceptors (Lipinski definition) is 5. The largest absolute Gasteiger partial charge is 0.363 e. The highest BCUT2D eigenvalue weighted by Gasteiger charge is 2.65. The lowest BCUT2D eigenvalue weighted by molar-refractivity contribution is -0.128. The van der Waals surface area contributed by atoms with Crippen molar-refractivity contribution in [3.63, 3.8) is 0 Å². The zero-order valence-corrected chi connectivity index (χ0v) is 24.5. The van der Waals surface area contributed by atoms with Gasteiger partial charge in [0.2, 0.25) is 5.91 Å². The summed E-state index contributed by atoms with van der Waals surface area (Å²) in [5, 5.41) is 6.44. The molecular formula is C30H48N2O3S. The van der Waals surface area contributed by atoms with E-state index in [4.69, 9.17) is 4.74 Å². The van der Waals surface area contributed by atoms with Gasteiger partial charge in [0.05, 0.1) is 27.9 Å². The van der Waals surface area contributed by atoms with Crippen molar-refractivity contribution in [1.82, 2.24) is 10.3 Å². The van der Waals surface area contributed by atoms with Gasteiger partial charge in [-0.25, -0.2) is 4.98 Å². The molecule has 2 aliphatic rings. The van der Waals surface area contributed by atoms with E-state index in [0.717, 1.165) is 67.6 Å². The number of nitrogens with zero attached hydrogens (tertiary/aromatic N) is 1. The van der Waals surface area contributed by atoms with Crippen LogP contribution in [-0.4, -0.2) is 33.9 Å². The first-order valence-corrected chi connectivity index (χ1v) is 14.9. The summed E-state index contributed by atoms with van der Waals surface area (Å²) in [7, 11) is 0. The van der Waals surface area contributed by atoms with Crippen LogP contribution in [-0.2, 0) is 14.3 Å². The molecule has 2 aliphatic heterocycles. The number of thiazole rings is 1. The highest BCUT2D eigenvalue weighted by atomic mass is 32.1. The molecule has 202 valence electrons. The zero-order chi connectivity index (χ0) is 26.6. The molecule has 1 N–H and O–H groups in total. The van der Waals surface area contributed by atoms with Crippen LogP contribution in [0.3, 0.4) is 0 Å². The summed E-state index contributed by atoms with van der Waals surface area (Å²) in [4.78, 5) is 30.8. The molecule has 0 radical (unpaired) electrons. The third-order valence-corrected chi connectivity index (χ3v) is 9.45.